The highest BCUT2D eigenvalue weighted by Gasteiger charge is 2.13. The molecule has 0 amide bonds. The predicted octanol–water partition coefficient (Wildman–Crippen LogP) is 1.12. The Balaban J connectivity index is 2.29. The first-order valence-corrected chi connectivity index (χ1v) is 5.47. The molecule has 0 aromatic carbocycles. The Morgan fingerprint density at radius 3 is 2.94 bits per heavy atom. The fraction of sp³-hybridized carbons (Fsp3) is 0.455. The van der Waals surface area contributed by atoms with Crippen LogP contribution < -0.4 is 11.1 Å². The van der Waals surface area contributed by atoms with Crippen molar-refractivity contribution in [2.24, 2.45) is 11.7 Å². The molecule has 0 radical (unpaired) electrons. The van der Waals surface area contributed by atoms with Crippen LogP contribution in [0.2, 0.25) is 0 Å². The third-order valence-corrected chi connectivity index (χ3v) is 2.71. The molecule has 5 heteroatoms. The third-order valence-electron chi connectivity index (χ3n) is 2.71. The molecule has 0 spiro atoms. The van der Waals surface area contributed by atoms with E-state index in [1.54, 1.807) is 16.9 Å². The van der Waals surface area contributed by atoms with Gasteiger partial charge >= 0.3 is 0 Å². The molecule has 16 heavy (non-hydrogen) atoms. The molecule has 1 atom stereocenters. The lowest BCUT2D eigenvalue weighted by molar-refractivity contribution is 0.530. The van der Waals surface area contributed by atoms with Crippen molar-refractivity contribution in [2.45, 2.75) is 19.9 Å². The van der Waals surface area contributed by atoms with Gasteiger partial charge in [0.25, 0.3) is 0 Å². The summed E-state index contributed by atoms with van der Waals surface area (Å²) in [7, 11) is 0. The molecule has 2 aromatic rings. The highest BCUT2D eigenvalue weighted by Crippen LogP contribution is 2.15. The fourth-order valence-corrected chi connectivity index (χ4v) is 1.64. The summed E-state index contributed by atoms with van der Waals surface area (Å²) in [6.07, 6.45) is 5.32. The third kappa shape index (κ3) is 1.99. The van der Waals surface area contributed by atoms with Gasteiger partial charge in [0.1, 0.15) is 5.52 Å². The number of hydrogen-bond donors (Lipinski definition) is 2. The van der Waals surface area contributed by atoms with Crippen molar-refractivity contribution in [1.29, 1.82) is 0 Å². The lowest BCUT2D eigenvalue weighted by Crippen LogP contribution is -2.34. The number of nitrogens with one attached hydrogen (secondary N) is 1. The molecule has 86 valence electrons. The van der Waals surface area contributed by atoms with Crippen LogP contribution in [-0.4, -0.2) is 27.2 Å². The molecular weight excluding hydrogens is 202 g/mol. The van der Waals surface area contributed by atoms with E-state index in [2.05, 4.69) is 29.2 Å². The maximum Gasteiger partial charge on any atom is 0.152 e. The van der Waals surface area contributed by atoms with E-state index < -0.39 is 0 Å². The van der Waals surface area contributed by atoms with Crippen LogP contribution in [0.3, 0.4) is 0 Å². The molecule has 1 unspecified atom stereocenters. The number of anilines is 1. The lowest BCUT2D eigenvalue weighted by atomic mass is 10.1. The van der Waals surface area contributed by atoms with Gasteiger partial charge in [-0.15, -0.1) is 0 Å². The molecule has 0 saturated carbocycles. The summed E-state index contributed by atoms with van der Waals surface area (Å²) in [6, 6.07) is 2.16. The van der Waals surface area contributed by atoms with Crippen LogP contribution in [0.1, 0.15) is 13.8 Å². The number of nitrogens with two attached hydrogens (primary N) is 1. The zero-order valence-corrected chi connectivity index (χ0v) is 9.59. The van der Waals surface area contributed by atoms with E-state index in [-0.39, 0.29) is 6.04 Å². The second-order valence-electron chi connectivity index (χ2n) is 4.17. The summed E-state index contributed by atoms with van der Waals surface area (Å²) in [4.78, 5) is 4.32. The highest BCUT2D eigenvalue weighted by atomic mass is 15.2. The van der Waals surface area contributed by atoms with Crippen molar-refractivity contribution >= 4 is 11.3 Å². The van der Waals surface area contributed by atoms with Gasteiger partial charge in [0.2, 0.25) is 0 Å². The minimum absolute atomic E-state index is 0.230. The smallest absolute Gasteiger partial charge is 0.152 e. The summed E-state index contributed by atoms with van der Waals surface area (Å²) in [5, 5.41) is 7.52. The van der Waals surface area contributed by atoms with Crippen LogP contribution in [-0.2, 0) is 0 Å². The van der Waals surface area contributed by atoms with Gasteiger partial charge in [0.05, 0.1) is 6.20 Å². The minimum atomic E-state index is 0.230. The zero-order valence-electron chi connectivity index (χ0n) is 9.59. The van der Waals surface area contributed by atoms with E-state index in [1.165, 1.54) is 0 Å². The van der Waals surface area contributed by atoms with Gasteiger partial charge in [-0.3, -0.25) is 0 Å². The van der Waals surface area contributed by atoms with Crippen LogP contribution in [0.5, 0.6) is 0 Å². The number of aromatic nitrogens is 3. The molecule has 0 saturated heterocycles. The van der Waals surface area contributed by atoms with Gasteiger partial charge in [-0.05, 0) is 12.0 Å². The number of rotatable bonds is 4. The van der Waals surface area contributed by atoms with Crippen molar-refractivity contribution < 1.29 is 0 Å². The molecule has 0 bridgehead atoms. The molecule has 0 aliphatic rings. The Bertz CT molecular complexity index is 462. The summed E-state index contributed by atoms with van der Waals surface area (Å²) in [6.45, 7) is 4.87. The molecule has 2 heterocycles. The highest BCUT2D eigenvalue weighted by molar-refractivity contribution is 5.67. The average molecular weight is 219 g/mol. The molecule has 2 rings (SSSR count). The summed E-state index contributed by atoms with van der Waals surface area (Å²) >= 11 is 0. The molecule has 3 N–H and O–H groups in total. The molecule has 2 aromatic heterocycles. The summed E-state index contributed by atoms with van der Waals surface area (Å²) in [5.41, 5.74) is 6.70. The van der Waals surface area contributed by atoms with Gasteiger partial charge in [-0.2, -0.15) is 5.10 Å². The van der Waals surface area contributed by atoms with E-state index in [0.29, 0.717) is 12.5 Å². The number of nitrogens with zero attached hydrogens (tertiary/aromatic N) is 3. The van der Waals surface area contributed by atoms with E-state index in [9.17, 15) is 0 Å². The Morgan fingerprint density at radius 2 is 2.25 bits per heavy atom. The van der Waals surface area contributed by atoms with E-state index >= 15 is 0 Å². The van der Waals surface area contributed by atoms with Crippen molar-refractivity contribution in [2.75, 3.05) is 11.9 Å². The first-order valence-electron chi connectivity index (χ1n) is 5.47. The van der Waals surface area contributed by atoms with E-state index in [1.807, 2.05) is 12.3 Å². The molecule has 0 aliphatic heterocycles. The topological polar surface area (TPSA) is 68.2 Å². The normalized spacial score (nSPS) is 13.2. The van der Waals surface area contributed by atoms with Crippen LogP contribution in [0.4, 0.5) is 5.82 Å². The predicted molar refractivity (Wildman–Crippen MR) is 64.3 cm³/mol. The average Bonchev–Trinajstić information content (AvgIpc) is 2.73. The first-order chi connectivity index (χ1) is 7.72. The van der Waals surface area contributed by atoms with Crippen LogP contribution >= 0.6 is 0 Å². The van der Waals surface area contributed by atoms with E-state index in [0.717, 1.165) is 11.3 Å². The Kier molecular flexibility index (Phi) is 3.05. The summed E-state index contributed by atoms with van der Waals surface area (Å²) in [5.74, 6) is 1.30. The monoisotopic (exact) mass is 219 g/mol. The maximum absolute atomic E-state index is 5.73. The number of hydrogen-bond acceptors (Lipinski definition) is 4. The van der Waals surface area contributed by atoms with E-state index in [4.69, 9.17) is 5.73 Å². The molecular formula is C11H17N5. The Labute approximate surface area is 94.7 Å². The fourth-order valence-electron chi connectivity index (χ4n) is 1.64. The van der Waals surface area contributed by atoms with Gasteiger partial charge < -0.3 is 11.1 Å². The zero-order chi connectivity index (χ0) is 11.5. The first kappa shape index (κ1) is 10.9. The Morgan fingerprint density at radius 1 is 1.44 bits per heavy atom. The molecule has 0 fully saturated rings. The van der Waals surface area contributed by atoms with Crippen molar-refractivity contribution in [3.8, 4) is 0 Å². The molecule has 0 aliphatic carbocycles. The Hall–Kier alpha value is -1.62. The van der Waals surface area contributed by atoms with Crippen LogP contribution in [0.15, 0.2) is 24.7 Å². The second-order valence-corrected chi connectivity index (χ2v) is 4.17. The standard InChI is InChI=1S/C11H17N5/c1-8(2)9(7-12)15-11-10-3-4-14-16(10)6-5-13-11/h3-6,8-9H,7,12H2,1-2H3,(H,13,15). The minimum Gasteiger partial charge on any atom is -0.364 e. The van der Waals surface area contributed by atoms with Crippen molar-refractivity contribution in [3.05, 3.63) is 24.7 Å². The second kappa shape index (κ2) is 4.49. The summed E-state index contributed by atoms with van der Waals surface area (Å²) < 4.78 is 1.79. The lowest BCUT2D eigenvalue weighted by Gasteiger charge is -2.21. The quantitative estimate of drug-likeness (QED) is 0.808. The largest absolute Gasteiger partial charge is 0.364 e. The van der Waals surface area contributed by atoms with Crippen molar-refractivity contribution in [3.63, 3.8) is 0 Å². The maximum atomic E-state index is 5.73. The van der Waals surface area contributed by atoms with Gasteiger partial charge in [0, 0.05) is 25.0 Å². The molecule has 5 nitrogen and oxygen atoms in total. The number of fused-ring (bicyclic) bond motifs is 1. The van der Waals surface area contributed by atoms with Crippen molar-refractivity contribution in [1.82, 2.24) is 14.6 Å². The SMILES string of the molecule is CC(C)C(CN)Nc1nccn2nccc12. The van der Waals surface area contributed by atoms with Crippen LogP contribution in [0, 0.1) is 5.92 Å². The van der Waals surface area contributed by atoms with Crippen LogP contribution in [0.25, 0.3) is 5.52 Å². The van der Waals surface area contributed by atoms with Gasteiger partial charge in [-0.1, -0.05) is 13.8 Å². The van der Waals surface area contributed by atoms with Gasteiger partial charge in [0.15, 0.2) is 5.82 Å². The van der Waals surface area contributed by atoms with Gasteiger partial charge in [-0.25, -0.2) is 9.50 Å².